The number of carbonyl (C=O) groups is 1. The number of aromatic nitrogens is 2. The van der Waals surface area contributed by atoms with E-state index in [1.807, 2.05) is 0 Å². The quantitative estimate of drug-likeness (QED) is 0.893. The van der Waals surface area contributed by atoms with Crippen molar-refractivity contribution in [2.24, 2.45) is 0 Å². The Morgan fingerprint density at radius 3 is 2.76 bits per heavy atom. The van der Waals surface area contributed by atoms with Gasteiger partial charge >= 0.3 is 6.03 Å². The van der Waals surface area contributed by atoms with Crippen LogP contribution in [-0.2, 0) is 6.54 Å². The van der Waals surface area contributed by atoms with Gasteiger partial charge in [-0.15, -0.1) is 0 Å². The monoisotopic (exact) mass is 294 g/mol. The molecule has 0 aliphatic rings. The van der Waals surface area contributed by atoms with E-state index in [4.69, 9.17) is 0 Å². The summed E-state index contributed by atoms with van der Waals surface area (Å²) in [6, 6.07) is 5.30. The van der Waals surface area contributed by atoms with Crippen LogP contribution in [0.2, 0.25) is 0 Å². The summed E-state index contributed by atoms with van der Waals surface area (Å²) in [5.41, 5.74) is -0.151. The van der Waals surface area contributed by atoms with E-state index in [0.717, 1.165) is 12.1 Å². The molecule has 0 atom stereocenters. The van der Waals surface area contributed by atoms with Crippen LogP contribution in [0.4, 0.5) is 19.3 Å². The molecule has 2 N–H and O–H groups in total. The highest BCUT2D eigenvalue weighted by Gasteiger charge is 2.05. The fourth-order valence-electron chi connectivity index (χ4n) is 1.58. The van der Waals surface area contributed by atoms with E-state index in [1.54, 1.807) is 0 Å². The van der Waals surface area contributed by atoms with E-state index in [1.165, 1.54) is 29.1 Å². The molecule has 0 aliphatic carbocycles. The number of carbonyl (C=O) groups excluding carboxylic acids is 1. The van der Waals surface area contributed by atoms with Crippen molar-refractivity contribution in [3.05, 3.63) is 58.5 Å². The second kappa shape index (κ2) is 6.60. The van der Waals surface area contributed by atoms with Crippen molar-refractivity contribution in [1.82, 2.24) is 15.1 Å². The lowest BCUT2D eigenvalue weighted by Gasteiger charge is -2.08. The van der Waals surface area contributed by atoms with Crippen molar-refractivity contribution in [2.45, 2.75) is 6.54 Å². The Morgan fingerprint density at radius 2 is 2.05 bits per heavy atom. The first-order chi connectivity index (χ1) is 10.1. The Labute approximate surface area is 118 Å². The number of nitrogens with zero attached hydrogens (tertiary/aromatic N) is 2. The summed E-state index contributed by atoms with van der Waals surface area (Å²) >= 11 is 0. The van der Waals surface area contributed by atoms with Crippen molar-refractivity contribution in [2.75, 3.05) is 11.9 Å². The molecule has 0 spiro atoms. The maximum absolute atomic E-state index is 13.0. The van der Waals surface area contributed by atoms with Gasteiger partial charge in [-0.3, -0.25) is 4.79 Å². The molecule has 1 heterocycles. The molecule has 2 aromatic rings. The Kier molecular flexibility index (Phi) is 4.60. The largest absolute Gasteiger partial charge is 0.336 e. The van der Waals surface area contributed by atoms with Gasteiger partial charge in [-0.05, 0) is 18.2 Å². The van der Waals surface area contributed by atoms with Gasteiger partial charge in [-0.1, -0.05) is 0 Å². The molecule has 6 nitrogen and oxygen atoms in total. The Hall–Kier alpha value is -2.77. The average molecular weight is 294 g/mol. The van der Waals surface area contributed by atoms with E-state index in [-0.39, 0.29) is 24.3 Å². The fraction of sp³-hybridized carbons (Fsp3) is 0.154. The number of hydrogen-bond donors (Lipinski definition) is 2. The Bertz CT molecular complexity index is 703. The summed E-state index contributed by atoms with van der Waals surface area (Å²) in [6.45, 7) is 0.358. The van der Waals surface area contributed by atoms with Gasteiger partial charge in [0.2, 0.25) is 0 Å². The molecule has 110 valence electrons. The van der Waals surface area contributed by atoms with Gasteiger partial charge in [0.05, 0.1) is 6.54 Å². The van der Waals surface area contributed by atoms with Gasteiger partial charge in [0, 0.05) is 30.6 Å². The molecule has 8 heteroatoms. The number of urea groups is 1. The van der Waals surface area contributed by atoms with Crippen LogP contribution in [-0.4, -0.2) is 22.4 Å². The minimum Gasteiger partial charge on any atom is -0.336 e. The molecule has 0 saturated carbocycles. The summed E-state index contributed by atoms with van der Waals surface area (Å²) < 4.78 is 26.9. The zero-order valence-electron chi connectivity index (χ0n) is 10.8. The van der Waals surface area contributed by atoms with Crippen LogP contribution >= 0.6 is 0 Å². The van der Waals surface area contributed by atoms with Gasteiger partial charge in [-0.2, -0.15) is 5.10 Å². The Morgan fingerprint density at radius 1 is 1.24 bits per heavy atom. The van der Waals surface area contributed by atoms with Gasteiger partial charge in [0.1, 0.15) is 0 Å². The molecule has 0 saturated heterocycles. The molecule has 0 bridgehead atoms. The first-order valence-electron chi connectivity index (χ1n) is 6.08. The number of halogens is 2. The molecule has 2 amide bonds. The van der Waals surface area contributed by atoms with Crippen molar-refractivity contribution < 1.29 is 13.6 Å². The first kappa shape index (κ1) is 14.6. The van der Waals surface area contributed by atoms with E-state index < -0.39 is 17.7 Å². The highest BCUT2D eigenvalue weighted by Crippen LogP contribution is 2.12. The minimum absolute atomic E-state index is 0.126. The molecule has 21 heavy (non-hydrogen) atoms. The maximum atomic E-state index is 13.0. The normalized spacial score (nSPS) is 10.2. The van der Waals surface area contributed by atoms with Gasteiger partial charge in [0.15, 0.2) is 11.6 Å². The second-order valence-electron chi connectivity index (χ2n) is 4.09. The van der Waals surface area contributed by atoms with Gasteiger partial charge in [-0.25, -0.2) is 18.3 Å². The molecule has 1 aromatic carbocycles. The van der Waals surface area contributed by atoms with Crippen molar-refractivity contribution in [1.29, 1.82) is 0 Å². The van der Waals surface area contributed by atoms with E-state index in [2.05, 4.69) is 15.7 Å². The van der Waals surface area contributed by atoms with Crippen LogP contribution in [0.25, 0.3) is 0 Å². The number of rotatable bonds is 4. The minimum atomic E-state index is -1.05. The van der Waals surface area contributed by atoms with Crippen LogP contribution in [0, 0.1) is 11.6 Å². The first-order valence-corrected chi connectivity index (χ1v) is 6.08. The zero-order valence-corrected chi connectivity index (χ0v) is 10.8. The molecular weight excluding hydrogens is 282 g/mol. The summed E-state index contributed by atoms with van der Waals surface area (Å²) in [5.74, 6) is -2.04. The standard InChI is InChI=1S/C13H12F2N4O2/c14-10-4-3-9(8-11(10)15)18-13(21)16-6-7-19-12(20)2-1-5-17-19/h1-5,8H,6-7H2,(H2,16,18,21). The highest BCUT2D eigenvalue weighted by molar-refractivity contribution is 5.89. The lowest BCUT2D eigenvalue weighted by Crippen LogP contribution is -2.34. The topological polar surface area (TPSA) is 76.0 Å². The van der Waals surface area contributed by atoms with E-state index in [9.17, 15) is 18.4 Å². The van der Waals surface area contributed by atoms with E-state index >= 15 is 0 Å². The maximum Gasteiger partial charge on any atom is 0.319 e. The molecule has 0 unspecified atom stereocenters. The summed E-state index contributed by atoms with van der Waals surface area (Å²) in [7, 11) is 0. The molecule has 0 aliphatic heterocycles. The third-order valence-corrected chi connectivity index (χ3v) is 2.57. The third-order valence-electron chi connectivity index (χ3n) is 2.57. The molecule has 0 radical (unpaired) electrons. The number of hydrogen-bond acceptors (Lipinski definition) is 3. The highest BCUT2D eigenvalue weighted by atomic mass is 19.2. The SMILES string of the molecule is O=C(NCCn1ncccc1=O)Nc1ccc(F)c(F)c1. The van der Waals surface area contributed by atoms with Gasteiger partial charge in [0.25, 0.3) is 5.56 Å². The predicted octanol–water partition coefficient (Wildman–Crippen LogP) is 1.34. The number of nitrogens with one attached hydrogen (secondary N) is 2. The molecule has 0 fully saturated rings. The van der Waals surface area contributed by atoms with Crippen molar-refractivity contribution >= 4 is 11.7 Å². The molecule has 1 aromatic heterocycles. The second-order valence-corrected chi connectivity index (χ2v) is 4.09. The zero-order chi connectivity index (χ0) is 15.2. The molecule has 2 rings (SSSR count). The lowest BCUT2D eigenvalue weighted by molar-refractivity contribution is 0.251. The van der Waals surface area contributed by atoms with Crippen molar-refractivity contribution in [3.63, 3.8) is 0 Å². The van der Waals surface area contributed by atoms with Crippen LogP contribution < -0.4 is 16.2 Å². The number of benzene rings is 1. The smallest absolute Gasteiger partial charge is 0.319 e. The van der Waals surface area contributed by atoms with Crippen LogP contribution in [0.3, 0.4) is 0 Å². The van der Waals surface area contributed by atoms with Crippen LogP contribution in [0.1, 0.15) is 0 Å². The van der Waals surface area contributed by atoms with Crippen LogP contribution in [0.5, 0.6) is 0 Å². The van der Waals surface area contributed by atoms with Gasteiger partial charge < -0.3 is 10.6 Å². The molecular formula is C13H12F2N4O2. The van der Waals surface area contributed by atoms with Crippen LogP contribution in [0.15, 0.2) is 41.3 Å². The average Bonchev–Trinajstić information content (AvgIpc) is 2.45. The summed E-state index contributed by atoms with van der Waals surface area (Å²) in [4.78, 5) is 22.9. The summed E-state index contributed by atoms with van der Waals surface area (Å²) in [5, 5.41) is 8.64. The third kappa shape index (κ3) is 4.10. The predicted molar refractivity (Wildman–Crippen MR) is 71.9 cm³/mol. The summed E-state index contributed by atoms with van der Waals surface area (Å²) in [6.07, 6.45) is 1.46. The van der Waals surface area contributed by atoms with E-state index in [0.29, 0.717) is 0 Å². The number of anilines is 1. The number of amides is 2. The fourth-order valence-corrected chi connectivity index (χ4v) is 1.58. The lowest BCUT2D eigenvalue weighted by atomic mass is 10.3. The Balaban J connectivity index is 1.84. The van der Waals surface area contributed by atoms with Crippen molar-refractivity contribution in [3.8, 4) is 0 Å².